The normalized spacial score (nSPS) is 10.1. The highest BCUT2D eigenvalue weighted by atomic mass is 35.5. The number of benzene rings is 2. The van der Waals surface area contributed by atoms with Crippen LogP contribution in [0.3, 0.4) is 0 Å². The summed E-state index contributed by atoms with van der Waals surface area (Å²) in [5, 5.41) is 16.9. The van der Waals surface area contributed by atoms with Crippen molar-refractivity contribution in [3.8, 4) is 0 Å². The van der Waals surface area contributed by atoms with E-state index in [1.165, 1.54) is 18.2 Å². The Bertz CT molecular complexity index is 719. The van der Waals surface area contributed by atoms with Crippen molar-refractivity contribution in [1.82, 2.24) is 0 Å². The molecule has 6 nitrogen and oxygen atoms in total. The standard InChI is InChI=1S/C15H14ClN3O3/c1-10-13(16)6-3-7-14(10)17-9-15(20)18-11-4-2-5-12(8-11)19(21)22/h2-8,17H,9H2,1H3,(H,18,20). The SMILES string of the molecule is Cc1c(Cl)cccc1NCC(=O)Nc1cccc([N+](=O)[O-])c1. The Morgan fingerprint density at radius 1 is 1.27 bits per heavy atom. The third kappa shape index (κ3) is 3.95. The van der Waals surface area contributed by atoms with Crippen LogP contribution in [-0.4, -0.2) is 17.4 Å². The molecule has 0 atom stereocenters. The lowest BCUT2D eigenvalue weighted by molar-refractivity contribution is -0.384. The molecule has 2 N–H and O–H groups in total. The quantitative estimate of drug-likeness (QED) is 0.651. The Morgan fingerprint density at radius 2 is 2.00 bits per heavy atom. The van der Waals surface area contributed by atoms with E-state index in [1.54, 1.807) is 18.2 Å². The molecule has 0 radical (unpaired) electrons. The smallest absolute Gasteiger partial charge is 0.271 e. The number of anilines is 2. The van der Waals surface area contributed by atoms with Gasteiger partial charge < -0.3 is 10.6 Å². The average molecular weight is 320 g/mol. The first-order chi connectivity index (χ1) is 10.5. The number of non-ortho nitro benzene ring substituents is 1. The zero-order valence-electron chi connectivity index (χ0n) is 11.8. The molecule has 2 aromatic rings. The Kier molecular flexibility index (Phi) is 4.95. The van der Waals surface area contributed by atoms with Crippen LogP contribution in [0.5, 0.6) is 0 Å². The minimum Gasteiger partial charge on any atom is -0.376 e. The van der Waals surface area contributed by atoms with Gasteiger partial charge in [-0.2, -0.15) is 0 Å². The number of nitrogens with one attached hydrogen (secondary N) is 2. The van der Waals surface area contributed by atoms with Crippen LogP contribution in [0.25, 0.3) is 0 Å². The lowest BCUT2D eigenvalue weighted by Gasteiger charge is -2.10. The molecular formula is C15H14ClN3O3. The molecule has 0 aliphatic heterocycles. The topological polar surface area (TPSA) is 84.3 Å². The second-order valence-corrected chi connectivity index (χ2v) is 5.03. The number of rotatable bonds is 5. The molecule has 0 saturated carbocycles. The molecule has 0 spiro atoms. The van der Waals surface area contributed by atoms with Crippen molar-refractivity contribution in [3.05, 3.63) is 63.2 Å². The van der Waals surface area contributed by atoms with E-state index in [0.717, 1.165) is 11.3 Å². The summed E-state index contributed by atoms with van der Waals surface area (Å²) in [5.74, 6) is -0.306. The number of halogens is 1. The van der Waals surface area contributed by atoms with Crippen molar-refractivity contribution in [1.29, 1.82) is 0 Å². The summed E-state index contributed by atoms with van der Waals surface area (Å²) in [6, 6.07) is 11.2. The van der Waals surface area contributed by atoms with E-state index in [2.05, 4.69) is 10.6 Å². The maximum absolute atomic E-state index is 11.9. The van der Waals surface area contributed by atoms with Crippen LogP contribution in [0, 0.1) is 17.0 Å². The Balaban J connectivity index is 1.97. The molecule has 0 unspecified atom stereocenters. The lowest BCUT2D eigenvalue weighted by atomic mass is 10.2. The Morgan fingerprint density at radius 3 is 2.73 bits per heavy atom. The fourth-order valence-corrected chi connectivity index (χ4v) is 2.05. The molecule has 1 amide bonds. The van der Waals surface area contributed by atoms with Gasteiger partial charge in [0.1, 0.15) is 0 Å². The first-order valence-electron chi connectivity index (χ1n) is 6.50. The molecule has 22 heavy (non-hydrogen) atoms. The van der Waals surface area contributed by atoms with Gasteiger partial charge in [-0.05, 0) is 30.7 Å². The first kappa shape index (κ1) is 15.8. The first-order valence-corrected chi connectivity index (χ1v) is 6.88. The van der Waals surface area contributed by atoms with Gasteiger partial charge in [-0.25, -0.2) is 0 Å². The van der Waals surface area contributed by atoms with Crippen LogP contribution < -0.4 is 10.6 Å². The van der Waals surface area contributed by atoms with Gasteiger partial charge in [0.15, 0.2) is 0 Å². The lowest BCUT2D eigenvalue weighted by Crippen LogP contribution is -2.22. The largest absolute Gasteiger partial charge is 0.376 e. The zero-order chi connectivity index (χ0) is 16.1. The van der Waals surface area contributed by atoms with Crippen LogP contribution in [0.15, 0.2) is 42.5 Å². The van der Waals surface area contributed by atoms with Gasteiger partial charge in [0.05, 0.1) is 11.5 Å². The zero-order valence-corrected chi connectivity index (χ0v) is 12.6. The molecule has 114 valence electrons. The van der Waals surface area contributed by atoms with Crippen LogP contribution in [0.4, 0.5) is 17.1 Å². The van der Waals surface area contributed by atoms with Crippen molar-refractivity contribution in [3.63, 3.8) is 0 Å². The molecule has 0 saturated heterocycles. The van der Waals surface area contributed by atoms with E-state index in [0.29, 0.717) is 10.7 Å². The number of nitro benzene ring substituents is 1. The highest BCUT2D eigenvalue weighted by Crippen LogP contribution is 2.22. The van der Waals surface area contributed by atoms with E-state index in [4.69, 9.17) is 11.6 Å². The van der Waals surface area contributed by atoms with Crippen molar-refractivity contribution in [2.75, 3.05) is 17.2 Å². The average Bonchev–Trinajstić information content (AvgIpc) is 2.49. The molecule has 0 aliphatic rings. The number of nitro groups is 1. The minimum absolute atomic E-state index is 0.0316. The number of nitrogens with zero attached hydrogens (tertiary/aromatic N) is 1. The summed E-state index contributed by atoms with van der Waals surface area (Å²) >= 11 is 6.00. The van der Waals surface area contributed by atoms with E-state index in [1.807, 2.05) is 13.0 Å². The Labute approximate surface area is 132 Å². The predicted molar refractivity (Wildman–Crippen MR) is 86.4 cm³/mol. The van der Waals surface area contributed by atoms with E-state index in [9.17, 15) is 14.9 Å². The fraction of sp³-hybridized carbons (Fsp3) is 0.133. The number of carbonyl (C=O) groups is 1. The maximum atomic E-state index is 11.9. The molecule has 0 bridgehead atoms. The van der Waals surface area contributed by atoms with Crippen LogP contribution in [-0.2, 0) is 4.79 Å². The third-order valence-corrected chi connectivity index (χ3v) is 3.46. The van der Waals surface area contributed by atoms with Gasteiger partial charge in [-0.15, -0.1) is 0 Å². The van der Waals surface area contributed by atoms with Gasteiger partial charge in [0, 0.05) is 28.5 Å². The predicted octanol–water partition coefficient (Wildman–Crippen LogP) is 3.61. The number of hydrogen-bond donors (Lipinski definition) is 2. The summed E-state index contributed by atoms with van der Waals surface area (Å²) in [5.41, 5.74) is 1.93. The molecule has 2 aromatic carbocycles. The highest BCUT2D eigenvalue weighted by molar-refractivity contribution is 6.31. The summed E-state index contributed by atoms with van der Waals surface area (Å²) < 4.78 is 0. The highest BCUT2D eigenvalue weighted by Gasteiger charge is 2.09. The van der Waals surface area contributed by atoms with Crippen molar-refractivity contribution >= 4 is 34.6 Å². The molecule has 0 aliphatic carbocycles. The molecule has 0 fully saturated rings. The van der Waals surface area contributed by atoms with Crippen molar-refractivity contribution < 1.29 is 9.72 Å². The van der Waals surface area contributed by atoms with Gasteiger partial charge in [-0.3, -0.25) is 14.9 Å². The molecule has 0 heterocycles. The summed E-state index contributed by atoms with van der Waals surface area (Å²) in [6.07, 6.45) is 0. The van der Waals surface area contributed by atoms with Gasteiger partial charge in [-0.1, -0.05) is 23.7 Å². The van der Waals surface area contributed by atoms with E-state index in [-0.39, 0.29) is 18.1 Å². The fourth-order valence-electron chi connectivity index (χ4n) is 1.88. The maximum Gasteiger partial charge on any atom is 0.271 e. The van der Waals surface area contributed by atoms with Crippen molar-refractivity contribution in [2.24, 2.45) is 0 Å². The molecule has 2 rings (SSSR count). The van der Waals surface area contributed by atoms with Crippen molar-refractivity contribution in [2.45, 2.75) is 6.92 Å². The molecule has 7 heteroatoms. The van der Waals surface area contributed by atoms with Crippen LogP contribution in [0.2, 0.25) is 5.02 Å². The second kappa shape index (κ2) is 6.91. The molecule has 0 aromatic heterocycles. The summed E-state index contributed by atoms with van der Waals surface area (Å²) in [6.45, 7) is 1.88. The van der Waals surface area contributed by atoms with Crippen LogP contribution in [0.1, 0.15) is 5.56 Å². The van der Waals surface area contributed by atoms with E-state index < -0.39 is 4.92 Å². The summed E-state index contributed by atoms with van der Waals surface area (Å²) in [7, 11) is 0. The number of carbonyl (C=O) groups excluding carboxylic acids is 1. The van der Waals surface area contributed by atoms with Gasteiger partial charge in [0.25, 0.3) is 5.69 Å². The van der Waals surface area contributed by atoms with Gasteiger partial charge in [0.2, 0.25) is 5.91 Å². The monoisotopic (exact) mass is 319 g/mol. The minimum atomic E-state index is -0.511. The van der Waals surface area contributed by atoms with Gasteiger partial charge >= 0.3 is 0 Å². The number of amides is 1. The van der Waals surface area contributed by atoms with E-state index >= 15 is 0 Å². The second-order valence-electron chi connectivity index (χ2n) is 4.62. The molecular weight excluding hydrogens is 306 g/mol. The number of hydrogen-bond acceptors (Lipinski definition) is 4. The van der Waals surface area contributed by atoms with Crippen LogP contribution >= 0.6 is 11.6 Å². The summed E-state index contributed by atoms with van der Waals surface area (Å²) in [4.78, 5) is 22.1. The third-order valence-electron chi connectivity index (χ3n) is 3.05. The Hall–Kier alpha value is -2.60.